The maximum absolute atomic E-state index is 5.65. The van der Waals surface area contributed by atoms with Crippen molar-refractivity contribution in [2.24, 2.45) is 17.6 Å². The summed E-state index contributed by atoms with van der Waals surface area (Å²) in [4.78, 5) is 0.430. The van der Waals surface area contributed by atoms with Crippen LogP contribution in [0.5, 0.6) is 0 Å². The molecule has 2 nitrogen and oxygen atoms in total. The molecule has 104 valence electrons. The minimum absolute atomic E-state index is 0.430. The van der Waals surface area contributed by atoms with Crippen LogP contribution in [0.2, 0.25) is 0 Å². The van der Waals surface area contributed by atoms with Crippen LogP contribution in [0, 0.1) is 11.8 Å². The number of rotatable bonds is 4. The Kier molecular flexibility index (Phi) is 5.22. The molecule has 3 N–H and O–H groups in total. The molecule has 0 aliphatic heterocycles. The lowest BCUT2D eigenvalue weighted by atomic mass is 9.83. The second-order valence-corrected chi connectivity index (χ2v) is 6.86. The van der Waals surface area contributed by atoms with E-state index in [0.717, 1.165) is 34.1 Å². The standard InChI is InChI=1S/C15H21BrN2S/c1-10-2-4-11(5-3-10)9-18-12-6-7-13(15(17)19)14(16)8-12/h6-8,10-11,18H,2-5,9H2,1H3,(H2,17,19). The zero-order chi connectivity index (χ0) is 13.8. The number of thiocarbonyl (C=S) groups is 1. The van der Waals surface area contributed by atoms with Crippen molar-refractivity contribution >= 4 is 38.8 Å². The van der Waals surface area contributed by atoms with Crippen molar-refractivity contribution in [2.45, 2.75) is 32.6 Å². The molecule has 4 heteroatoms. The van der Waals surface area contributed by atoms with Crippen LogP contribution in [-0.2, 0) is 0 Å². The average molecular weight is 341 g/mol. The van der Waals surface area contributed by atoms with Gasteiger partial charge >= 0.3 is 0 Å². The molecule has 0 spiro atoms. The number of hydrogen-bond acceptors (Lipinski definition) is 2. The fourth-order valence-corrected chi connectivity index (χ4v) is 3.52. The van der Waals surface area contributed by atoms with Crippen LogP contribution in [0.15, 0.2) is 22.7 Å². The SMILES string of the molecule is CC1CCC(CNc2ccc(C(N)=S)c(Br)c2)CC1. The molecule has 19 heavy (non-hydrogen) atoms. The summed E-state index contributed by atoms with van der Waals surface area (Å²) in [6.07, 6.45) is 5.44. The van der Waals surface area contributed by atoms with Gasteiger partial charge in [-0.15, -0.1) is 0 Å². The Labute approximate surface area is 129 Å². The van der Waals surface area contributed by atoms with Gasteiger partial charge in [-0.2, -0.15) is 0 Å². The lowest BCUT2D eigenvalue weighted by molar-refractivity contribution is 0.300. The van der Waals surface area contributed by atoms with Crippen molar-refractivity contribution in [1.29, 1.82) is 0 Å². The number of benzene rings is 1. The van der Waals surface area contributed by atoms with Gasteiger partial charge in [-0.05, 0) is 58.8 Å². The second kappa shape index (κ2) is 6.71. The summed E-state index contributed by atoms with van der Waals surface area (Å²) in [7, 11) is 0. The van der Waals surface area contributed by atoms with Crippen molar-refractivity contribution in [1.82, 2.24) is 0 Å². The zero-order valence-corrected chi connectivity index (χ0v) is 13.7. The fraction of sp³-hybridized carbons (Fsp3) is 0.533. The number of nitrogens with two attached hydrogens (primary N) is 1. The first kappa shape index (κ1) is 14.8. The molecule has 1 aliphatic carbocycles. The summed E-state index contributed by atoms with van der Waals surface area (Å²) in [5.74, 6) is 1.72. The molecule has 1 aromatic rings. The Morgan fingerprint density at radius 3 is 2.63 bits per heavy atom. The Morgan fingerprint density at radius 2 is 2.05 bits per heavy atom. The highest BCUT2D eigenvalue weighted by molar-refractivity contribution is 9.10. The first-order chi connectivity index (χ1) is 9.06. The van der Waals surface area contributed by atoms with Gasteiger partial charge in [0.25, 0.3) is 0 Å². The minimum atomic E-state index is 0.430. The van der Waals surface area contributed by atoms with Gasteiger partial charge in [0.05, 0.1) is 0 Å². The molecule has 1 aromatic carbocycles. The van der Waals surface area contributed by atoms with Crippen molar-refractivity contribution in [2.75, 3.05) is 11.9 Å². The Morgan fingerprint density at radius 1 is 1.37 bits per heavy atom. The van der Waals surface area contributed by atoms with E-state index in [4.69, 9.17) is 18.0 Å². The molecular weight excluding hydrogens is 320 g/mol. The van der Waals surface area contributed by atoms with E-state index in [1.54, 1.807) is 0 Å². The maximum Gasteiger partial charge on any atom is 0.105 e. The molecule has 0 atom stereocenters. The molecule has 1 saturated carbocycles. The first-order valence-electron chi connectivity index (χ1n) is 6.89. The quantitative estimate of drug-likeness (QED) is 0.801. The minimum Gasteiger partial charge on any atom is -0.389 e. The predicted octanol–water partition coefficient (Wildman–Crippen LogP) is 4.32. The number of hydrogen-bond donors (Lipinski definition) is 2. The van der Waals surface area contributed by atoms with Gasteiger partial charge in [0.15, 0.2) is 0 Å². The van der Waals surface area contributed by atoms with E-state index in [1.807, 2.05) is 12.1 Å². The molecule has 2 rings (SSSR count). The van der Waals surface area contributed by atoms with Crippen LogP contribution >= 0.6 is 28.1 Å². The second-order valence-electron chi connectivity index (χ2n) is 5.57. The van der Waals surface area contributed by atoms with E-state index < -0.39 is 0 Å². The van der Waals surface area contributed by atoms with Crippen LogP contribution in [0.3, 0.4) is 0 Å². The molecule has 0 saturated heterocycles. The summed E-state index contributed by atoms with van der Waals surface area (Å²) in [5, 5.41) is 3.52. The van der Waals surface area contributed by atoms with Crippen LogP contribution in [0.1, 0.15) is 38.2 Å². The zero-order valence-electron chi connectivity index (χ0n) is 11.3. The number of halogens is 1. The summed E-state index contributed by atoms with van der Waals surface area (Å²) >= 11 is 8.51. The van der Waals surface area contributed by atoms with Gasteiger partial charge in [-0.3, -0.25) is 0 Å². The normalized spacial score (nSPS) is 23.1. The van der Waals surface area contributed by atoms with Gasteiger partial charge < -0.3 is 11.1 Å². The van der Waals surface area contributed by atoms with Crippen molar-refractivity contribution in [3.05, 3.63) is 28.2 Å². The van der Waals surface area contributed by atoms with Gasteiger partial charge in [-0.25, -0.2) is 0 Å². The average Bonchev–Trinajstić information content (AvgIpc) is 2.37. The smallest absolute Gasteiger partial charge is 0.105 e. The first-order valence-corrected chi connectivity index (χ1v) is 8.09. The molecule has 0 radical (unpaired) electrons. The van der Waals surface area contributed by atoms with E-state index in [2.05, 4.69) is 34.2 Å². The monoisotopic (exact) mass is 340 g/mol. The van der Waals surface area contributed by atoms with Crippen LogP contribution in [0.25, 0.3) is 0 Å². The highest BCUT2D eigenvalue weighted by atomic mass is 79.9. The summed E-state index contributed by atoms with van der Waals surface area (Å²) in [5.41, 5.74) is 7.68. The van der Waals surface area contributed by atoms with E-state index in [-0.39, 0.29) is 0 Å². The van der Waals surface area contributed by atoms with Gasteiger partial charge in [-0.1, -0.05) is 32.0 Å². The lowest BCUT2D eigenvalue weighted by Gasteiger charge is -2.26. The molecule has 0 bridgehead atoms. The van der Waals surface area contributed by atoms with E-state index in [9.17, 15) is 0 Å². The third-order valence-corrected chi connectivity index (χ3v) is 4.84. The van der Waals surface area contributed by atoms with Crippen LogP contribution < -0.4 is 11.1 Å². The molecule has 0 aromatic heterocycles. The molecular formula is C15H21BrN2S. The van der Waals surface area contributed by atoms with Gasteiger partial charge in [0.1, 0.15) is 4.99 Å². The van der Waals surface area contributed by atoms with E-state index >= 15 is 0 Å². The topological polar surface area (TPSA) is 38.0 Å². The summed E-state index contributed by atoms with van der Waals surface area (Å²) in [6, 6.07) is 6.07. The molecule has 0 unspecified atom stereocenters. The highest BCUT2D eigenvalue weighted by Gasteiger charge is 2.17. The summed E-state index contributed by atoms with van der Waals surface area (Å²) in [6.45, 7) is 3.42. The van der Waals surface area contributed by atoms with Crippen LogP contribution in [0.4, 0.5) is 5.69 Å². The Bertz CT molecular complexity index is 453. The molecule has 1 aliphatic rings. The Balaban J connectivity index is 1.89. The third kappa shape index (κ3) is 4.18. The number of anilines is 1. The molecule has 0 heterocycles. The van der Waals surface area contributed by atoms with Gasteiger partial charge in [0, 0.05) is 22.3 Å². The number of nitrogens with one attached hydrogen (secondary N) is 1. The fourth-order valence-electron chi connectivity index (χ4n) is 2.62. The van der Waals surface area contributed by atoms with Gasteiger partial charge in [0.2, 0.25) is 0 Å². The highest BCUT2D eigenvalue weighted by Crippen LogP contribution is 2.29. The molecule has 1 fully saturated rings. The third-order valence-electron chi connectivity index (χ3n) is 3.96. The van der Waals surface area contributed by atoms with Crippen LogP contribution in [-0.4, -0.2) is 11.5 Å². The molecule has 0 amide bonds. The maximum atomic E-state index is 5.65. The Hall–Kier alpha value is -0.610. The predicted molar refractivity (Wildman–Crippen MR) is 89.6 cm³/mol. The lowest BCUT2D eigenvalue weighted by Crippen LogP contribution is -2.20. The largest absolute Gasteiger partial charge is 0.389 e. The summed E-state index contributed by atoms with van der Waals surface area (Å²) < 4.78 is 0.960. The van der Waals surface area contributed by atoms with E-state index in [0.29, 0.717) is 4.99 Å². The van der Waals surface area contributed by atoms with E-state index in [1.165, 1.54) is 25.7 Å². The van der Waals surface area contributed by atoms with Crippen molar-refractivity contribution < 1.29 is 0 Å². The van der Waals surface area contributed by atoms with Crippen molar-refractivity contribution in [3.63, 3.8) is 0 Å². The van der Waals surface area contributed by atoms with Crippen molar-refractivity contribution in [3.8, 4) is 0 Å².